The van der Waals surface area contributed by atoms with Crippen molar-refractivity contribution >= 4 is 11.8 Å². The van der Waals surface area contributed by atoms with Crippen LogP contribution in [0.2, 0.25) is 0 Å². The minimum absolute atomic E-state index is 0.487. The van der Waals surface area contributed by atoms with E-state index >= 15 is 0 Å². The van der Waals surface area contributed by atoms with Crippen LogP contribution in [0.15, 0.2) is 0 Å². The van der Waals surface area contributed by atoms with E-state index in [0.29, 0.717) is 0 Å². The number of aliphatic hydroxyl groups is 1. The first kappa shape index (κ1) is 15.3. The molecule has 0 rings (SSSR count). The van der Waals surface area contributed by atoms with Crippen LogP contribution in [0.1, 0.15) is 46.0 Å². The van der Waals surface area contributed by atoms with Gasteiger partial charge in [0.15, 0.2) is 0 Å². The summed E-state index contributed by atoms with van der Waals surface area (Å²) in [4.78, 5) is 0. The molecule has 0 saturated heterocycles. The number of thioether (sulfide) groups is 1. The molecule has 0 radical (unpaired) electrons. The summed E-state index contributed by atoms with van der Waals surface area (Å²) in [5.41, 5.74) is -0.487. The highest BCUT2D eigenvalue weighted by Gasteiger charge is 2.20. The SMILES string of the molecule is CCC(O)(CC)CNCCCCCSC. The molecule has 0 atom stereocenters. The van der Waals surface area contributed by atoms with Crippen molar-refractivity contribution in [3.8, 4) is 0 Å². The van der Waals surface area contributed by atoms with Crippen LogP contribution in [-0.2, 0) is 0 Å². The van der Waals surface area contributed by atoms with E-state index < -0.39 is 5.60 Å². The van der Waals surface area contributed by atoms with Crippen LogP contribution in [0.25, 0.3) is 0 Å². The third kappa shape index (κ3) is 8.12. The lowest BCUT2D eigenvalue weighted by atomic mass is 9.97. The van der Waals surface area contributed by atoms with Crippen LogP contribution in [0.5, 0.6) is 0 Å². The third-order valence-corrected chi connectivity index (χ3v) is 3.67. The Hall–Kier alpha value is 0.270. The first-order valence-electron chi connectivity index (χ1n) is 6.10. The van der Waals surface area contributed by atoms with Crippen molar-refractivity contribution in [1.29, 1.82) is 0 Å². The van der Waals surface area contributed by atoms with Gasteiger partial charge < -0.3 is 10.4 Å². The molecule has 0 heterocycles. The lowest BCUT2D eigenvalue weighted by Gasteiger charge is -2.25. The molecule has 0 bridgehead atoms. The van der Waals surface area contributed by atoms with Crippen molar-refractivity contribution in [2.45, 2.75) is 51.6 Å². The average Bonchev–Trinajstić information content (AvgIpc) is 2.27. The molecule has 0 aliphatic heterocycles. The summed E-state index contributed by atoms with van der Waals surface area (Å²) in [7, 11) is 0. The molecule has 0 aromatic rings. The Labute approximate surface area is 99.2 Å². The molecule has 0 fully saturated rings. The second kappa shape index (κ2) is 9.49. The minimum atomic E-state index is -0.487. The van der Waals surface area contributed by atoms with Gasteiger partial charge in [-0.15, -0.1) is 0 Å². The summed E-state index contributed by atoms with van der Waals surface area (Å²) < 4.78 is 0. The second-order valence-corrected chi connectivity index (χ2v) is 5.15. The Kier molecular flexibility index (Phi) is 9.66. The number of rotatable bonds is 10. The maximum absolute atomic E-state index is 10.0. The average molecular weight is 233 g/mol. The smallest absolute Gasteiger partial charge is 0.0766 e. The van der Waals surface area contributed by atoms with E-state index in [1.165, 1.54) is 25.0 Å². The van der Waals surface area contributed by atoms with Crippen molar-refractivity contribution in [1.82, 2.24) is 5.32 Å². The Bertz CT molecular complexity index is 138. The largest absolute Gasteiger partial charge is 0.389 e. The van der Waals surface area contributed by atoms with Gasteiger partial charge in [-0.05, 0) is 44.2 Å². The highest BCUT2D eigenvalue weighted by molar-refractivity contribution is 7.98. The molecule has 0 aliphatic carbocycles. The fourth-order valence-electron chi connectivity index (χ4n) is 1.49. The van der Waals surface area contributed by atoms with Crippen LogP contribution in [0, 0.1) is 0 Å². The Morgan fingerprint density at radius 1 is 1.13 bits per heavy atom. The van der Waals surface area contributed by atoms with E-state index in [-0.39, 0.29) is 0 Å². The highest BCUT2D eigenvalue weighted by Crippen LogP contribution is 2.12. The summed E-state index contributed by atoms with van der Waals surface area (Å²) in [6.07, 6.45) is 7.66. The minimum Gasteiger partial charge on any atom is -0.389 e. The maximum atomic E-state index is 10.0. The van der Waals surface area contributed by atoms with Crippen LogP contribution >= 0.6 is 11.8 Å². The zero-order chi connectivity index (χ0) is 11.6. The molecule has 0 aromatic carbocycles. The van der Waals surface area contributed by atoms with Gasteiger partial charge in [-0.25, -0.2) is 0 Å². The third-order valence-electron chi connectivity index (χ3n) is 2.97. The second-order valence-electron chi connectivity index (χ2n) is 4.16. The quantitative estimate of drug-likeness (QED) is 0.569. The molecular formula is C12H27NOS. The molecule has 0 saturated carbocycles. The topological polar surface area (TPSA) is 32.3 Å². The molecule has 2 nitrogen and oxygen atoms in total. The Balaban J connectivity index is 3.29. The number of nitrogens with one attached hydrogen (secondary N) is 1. The summed E-state index contributed by atoms with van der Waals surface area (Å²) in [6, 6.07) is 0. The van der Waals surface area contributed by atoms with E-state index in [1.807, 2.05) is 25.6 Å². The molecule has 15 heavy (non-hydrogen) atoms. The number of hydrogen-bond donors (Lipinski definition) is 2. The fraction of sp³-hybridized carbons (Fsp3) is 1.00. The molecule has 3 heteroatoms. The fourth-order valence-corrected chi connectivity index (χ4v) is 1.99. The Morgan fingerprint density at radius 2 is 1.80 bits per heavy atom. The molecule has 0 spiro atoms. The molecule has 0 aliphatic rings. The summed E-state index contributed by atoms with van der Waals surface area (Å²) in [6.45, 7) is 5.87. The molecular weight excluding hydrogens is 206 g/mol. The van der Waals surface area contributed by atoms with Crippen LogP contribution in [-0.4, -0.2) is 35.8 Å². The van der Waals surface area contributed by atoms with E-state index in [0.717, 1.165) is 25.9 Å². The summed E-state index contributed by atoms with van der Waals surface area (Å²) in [5, 5.41) is 13.4. The molecule has 92 valence electrons. The van der Waals surface area contributed by atoms with Crippen LogP contribution < -0.4 is 5.32 Å². The lowest BCUT2D eigenvalue weighted by Crippen LogP contribution is -2.39. The summed E-state index contributed by atoms with van der Waals surface area (Å²) in [5.74, 6) is 1.27. The van der Waals surface area contributed by atoms with E-state index in [4.69, 9.17) is 0 Å². The van der Waals surface area contributed by atoms with Crippen molar-refractivity contribution in [2.75, 3.05) is 25.1 Å². The molecule has 2 N–H and O–H groups in total. The summed E-state index contributed by atoms with van der Waals surface area (Å²) >= 11 is 1.92. The van der Waals surface area contributed by atoms with Crippen LogP contribution in [0.3, 0.4) is 0 Å². The predicted molar refractivity (Wildman–Crippen MR) is 70.6 cm³/mol. The maximum Gasteiger partial charge on any atom is 0.0766 e. The number of hydrogen-bond acceptors (Lipinski definition) is 3. The van der Waals surface area contributed by atoms with Crippen molar-refractivity contribution in [3.05, 3.63) is 0 Å². The van der Waals surface area contributed by atoms with Gasteiger partial charge in [0.05, 0.1) is 5.60 Å². The van der Waals surface area contributed by atoms with E-state index in [1.54, 1.807) is 0 Å². The van der Waals surface area contributed by atoms with Gasteiger partial charge >= 0.3 is 0 Å². The van der Waals surface area contributed by atoms with Gasteiger partial charge in [0.1, 0.15) is 0 Å². The predicted octanol–water partition coefficient (Wildman–Crippen LogP) is 2.66. The molecule has 0 unspecified atom stereocenters. The van der Waals surface area contributed by atoms with Gasteiger partial charge in [-0.2, -0.15) is 11.8 Å². The van der Waals surface area contributed by atoms with Gasteiger partial charge in [-0.1, -0.05) is 20.3 Å². The lowest BCUT2D eigenvalue weighted by molar-refractivity contribution is 0.0327. The van der Waals surface area contributed by atoms with Gasteiger partial charge in [-0.3, -0.25) is 0 Å². The van der Waals surface area contributed by atoms with Crippen molar-refractivity contribution in [3.63, 3.8) is 0 Å². The first-order chi connectivity index (χ1) is 7.18. The molecule has 0 amide bonds. The monoisotopic (exact) mass is 233 g/mol. The van der Waals surface area contributed by atoms with E-state index in [2.05, 4.69) is 11.6 Å². The Morgan fingerprint density at radius 3 is 2.33 bits per heavy atom. The standard InChI is InChI=1S/C12H27NOS/c1-4-12(14,5-2)11-13-9-7-6-8-10-15-3/h13-14H,4-11H2,1-3H3. The zero-order valence-corrected chi connectivity index (χ0v) is 11.3. The first-order valence-corrected chi connectivity index (χ1v) is 7.50. The van der Waals surface area contributed by atoms with Crippen molar-refractivity contribution in [2.24, 2.45) is 0 Å². The zero-order valence-electron chi connectivity index (χ0n) is 10.5. The normalized spacial score (nSPS) is 12.0. The van der Waals surface area contributed by atoms with Gasteiger partial charge in [0.2, 0.25) is 0 Å². The van der Waals surface area contributed by atoms with E-state index in [9.17, 15) is 5.11 Å². The van der Waals surface area contributed by atoms with Crippen molar-refractivity contribution < 1.29 is 5.11 Å². The molecule has 0 aromatic heterocycles. The van der Waals surface area contributed by atoms with Gasteiger partial charge in [0.25, 0.3) is 0 Å². The number of unbranched alkanes of at least 4 members (excludes halogenated alkanes) is 2. The van der Waals surface area contributed by atoms with Crippen LogP contribution in [0.4, 0.5) is 0 Å². The van der Waals surface area contributed by atoms with Gasteiger partial charge in [0, 0.05) is 6.54 Å². The highest BCUT2D eigenvalue weighted by atomic mass is 32.2.